The summed E-state index contributed by atoms with van der Waals surface area (Å²) in [6, 6.07) is 11.3. The highest BCUT2D eigenvalue weighted by atomic mass is 32.2. The van der Waals surface area contributed by atoms with Gasteiger partial charge in [-0.25, -0.2) is 13.1 Å². The molecule has 27 heavy (non-hydrogen) atoms. The van der Waals surface area contributed by atoms with Crippen molar-refractivity contribution in [1.29, 1.82) is 0 Å². The van der Waals surface area contributed by atoms with Gasteiger partial charge in [-0.3, -0.25) is 4.79 Å². The summed E-state index contributed by atoms with van der Waals surface area (Å²) in [6.07, 6.45) is 0. The minimum atomic E-state index is -3.72. The molecule has 0 aliphatic carbocycles. The number of nitrogens with zero attached hydrogens (tertiary/aromatic N) is 1. The summed E-state index contributed by atoms with van der Waals surface area (Å²) >= 11 is 1.02. The zero-order valence-corrected chi connectivity index (χ0v) is 16.8. The number of hydrogen-bond acceptors (Lipinski definition) is 6. The second-order valence-corrected chi connectivity index (χ2v) is 8.77. The average molecular weight is 409 g/mol. The van der Waals surface area contributed by atoms with Gasteiger partial charge in [-0.05, 0) is 49.4 Å². The maximum atomic E-state index is 12.6. The Kier molecular flexibility index (Phi) is 5.54. The fourth-order valence-corrected chi connectivity index (χ4v) is 4.79. The molecule has 144 valence electrons. The SMILES string of the molecule is COc1ccc(OCC(C)NS(=O)(=O)c2ccc3c(c2)sc(=O)n3C)cc1. The normalized spacial score (nSPS) is 12.9. The molecule has 1 heterocycles. The van der Waals surface area contributed by atoms with E-state index in [0.29, 0.717) is 16.0 Å². The lowest BCUT2D eigenvalue weighted by molar-refractivity contribution is 0.287. The Hall–Kier alpha value is -2.36. The van der Waals surface area contributed by atoms with Gasteiger partial charge in [0, 0.05) is 7.05 Å². The van der Waals surface area contributed by atoms with Crippen LogP contribution in [0.25, 0.3) is 10.2 Å². The number of rotatable bonds is 7. The average Bonchev–Trinajstić information content (AvgIpc) is 2.93. The Morgan fingerprint density at radius 1 is 1.15 bits per heavy atom. The van der Waals surface area contributed by atoms with Crippen molar-refractivity contribution in [3.63, 3.8) is 0 Å². The van der Waals surface area contributed by atoms with Crippen LogP contribution in [0.1, 0.15) is 6.92 Å². The highest BCUT2D eigenvalue weighted by Gasteiger charge is 2.19. The third-order valence-electron chi connectivity index (χ3n) is 3.99. The van der Waals surface area contributed by atoms with E-state index >= 15 is 0 Å². The molecule has 0 saturated heterocycles. The lowest BCUT2D eigenvalue weighted by atomic mass is 10.3. The van der Waals surface area contributed by atoms with Crippen LogP contribution in [0, 0.1) is 0 Å². The van der Waals surface area contributed by atoms with Gasteiger partial charge in [0.1, 0.15) is 18.1 Å². The Morgan fingerprint density at radius 3 is 2.48 bits per heavy atom. The molecular weight excluding hydrogens is 388 g/mol. The fraction of sp³-hybridized carbons (Fsp3) is 0.278. The van der Waals surface area contributed by atoms with Crippen molar-refractivity contribution in [3.05, 3.63) is 52.1 Å². The molecule has 0 radical (unpaired) electrons. The molecule has 1 atom stereocenters. The number of ether oxygens (including phenoxy) is 2. The minimum Gasteiger partial charge on any atom is -0.497 e. The topological polar surface area (TPSA) is 86.6 Å². The van der Waals surface area contributed by atoms with Gasteiger partial charge in [-0.15, -0.1) is 0 Å². The highest BCUT2D eigenvalue weighted by Crippen LogP contribution is 2.21. The summed E-state index contributed by atoms with van der Waals surface area (Å²) in [5, 5.41) is 0. The van der Waals surface area contributed by atoms with Crippen LogP contribution < -0.4 is 19.1 Å². The quantitative estimate of drug-likeness (QED) is 0.649. The summed E-state index contributed by atoms with van der Waals surface area (Å²) in [6.45, 7) is 1.90. The predicted molar refractivity (Wildman–Crippen MR) is 105 cm³/mol. The van der Waals surface area contributed by atoms with E-state index in [1.54, 1.807) is 51.4 Å². The second-order valence-electron chi connectivity index (χ2n) is 6.07. The van der Waals surface area contributed by atoms with Crippen LogP contribution in [0.2, 0.25) is 0 Å². The van der Waals surface area contributed by atoms with Crippen LogP contribution in [0.5, 0.6) is 11.5 Å². The number of aryl methyl sites for hydroxylation is 1. The molecule has 0 aliphatic heterocycles. The lowest BCUT2D eigenvalue weighted by Crippen LogP contribution is -2.36. The summed E-state index contributed by atoms with van der Waals surface area (Å²) in [7, 11) is -0.484. The molecule has 7 nitrogen and oxygen atoms in total. The number of fused-ring (bicyclic) bond motifs is 1. The van der Waals surface area contributed by atoms with Crippen molar-refractivity contribution in [2.75, 3.05) is 13.7 Å². The first-order valence-corrected chi connectivity index (χ1v) is 10.5. The van der Waals surface area contributed by atoms with Crippen LogP contribution in [-0.4, -0.2) is 32.7 Å². The van der Waals surface area contributed by atoms with Gasteiger partial charge in [0.15, 0.2) is 0 Å². The number of sulfonamides is 1. The second kappa shape index (κ2) is 7.71. The third-order valence-corrected chi connectivity index (χ3v) is 6.57. The molecule has 9 heteroatoms. The summed E-state index contributed by atoms with van der Waals surface area (Å²) in [5.41, 5.74) is 0.708. The van der Waals surface area contributed by atoms with E-state index in [4.69, 9.17) is 9.47 Å². The number of thiazole rings is 1. The first-order valence-electron chi connectivity index (χ1n) is 8.19. The van der Waals surface area contributed by atoms with E-state index in [1.807, 2.05) is 0 Å². The van der Waals surface area contributed by atoms with E-state index in [2.05, 4.69) is 4.72 Å². The van der Waals surface area contributed by atoms with Crippen LogP contribution in [-0.2, 0) is 17.1 Å². The summed E-state index contributed by atoms with van der Waals surface area (Å²) in [4.78, 5) is 11.7. The molecule has 0 saturated carbocycles. The number of aromatic nitrogens is 1. The standard InChI is InChI=1S/C18H20N2O5S2/c1-12(11-25-14-6-4-13(24-3)5-7-14)19-27(22,23)15-8-9-16-17(10-15)26-18(21)20(16)2/h4-10,12,19H,11H2,1-3H3. The van der Waals surface area contributed by atoms with Crippen molar-refractivity contribution >= 4 is 31.6 Å². The molecule has 0 fully saturated rings. The lowest BCUT2D eigenvalue weighted by Gasteiger charge is -2.15. The minimum absolute atomic E-state index is 0.119. The van der Waals surface area contributed by atoms with Gasteiger partial charge in [0.05, 0.1) is 28.3 Å². The summed E-state index contributed by atoms with van der Waals surface area (Å²) in [5.74, 6) is 1.34. The van der Waals surface area contributed by atoms with Gasteiger partial charge in [-0.1, -0.05) is 11.3 Å². The Labute approximate surface area is 161 Å². The van der Waals surface area contributed by atoms with Crippen molar-refractivity contribution in [3.8, 4) is 11.5 Å². The molecule has 3 rings (SSSR count). The first-order chi connectivity index (χ1) is 12.8. The zero-order chi connectivity index (χ0) is 19.6. The molecule has 0 amide bonds. The van der Waals surface area contributed by atoms with Gasteiger partial charge >= 0.3 is 4.87 Å². The Morgan fingerprint density at radius 2 is 1.81 bits per heavy atom. The number of hydrogen-bond donors (Lipinski definition) is 1. The van der Waals surface area contributed by atoms with Gasteiger partial charge in [-0.2, -0.15) is 0 Å². The molecule has 1 N–H and O–H groups in total. The number of nitrogens with one attached hydrogen (secondary N) is 1. The predicted octanol–water partition coefficient (Wildman–Crippen LogP) is 2.35. The van der Waals surface area contributed by atoms with Crippen LogP contribution in [0.3, 0.4) is 0 Å². The molecule has 2 aromatic carbocycles. The van der Waals surface area contributed by atoms with Crippen LogP contribution in [0.15, 0.2) is 52.2 Å². The van der Waals surface area contributed by atoms with E-state index in [9.17, 15) is 13.2 Å². The van der Waals surface area contributed by atoms with Crippen molar-refractivity contribution < 1.29 is 17.9 Å². The maximum absolute atomic E-state index is 12.6. The van der Waals surface area contributed by atoms with Crippen LogP contribution >= 0.6 is 11.3 Å². The van der Waals surface area contributed by atoms with Gasteiger partial charge < -0.3 is 14.0 Å². The van der Waals surface area contributed by atoms with E-state index in [-0.39, 0.29) is 16.4 Å². The smallest absolute Gasteiger partial charge is 0.307 e. The zero-order valence-electron chi connectivity index (χ0n) is 15.1. The molecule has 0 spiro atoms. The number of benzene rings is 2. The van der Waals surface area contributed by atoms with Crippen molar-refractivity contribution in [1.82, 2.24) is 9.29 Å². The van der Waals surface area contributed by atoms with E-state index in [1.165, 1.54) is 16.7 Å². The molecule has 1 aromatic heterocycles. The Bertz CT molecular complexity index is 1100. The molecule has 0 aliphatic rings. The van der Waals surface area contributed by atoms with E-state index < -0.39 is 16.1 Å². The number of methoxy groups -OCH3 is 1. The highest BCUT2D eigenvalue weighted by molar-refractivity contribution is 7.89. The molecule has 3 aromatic rings. The largest absolute Gasteiger partial charge is 0.497 e. The molecular formula is C18H20N2O5S2. The van der Waals surface area contributed by atoms with Gasteiger partial charge in [0.25, 0.3) is 0 Å². The summed E-state index contributed by atoms with van der Waals surface area (Å²) < 4.78 is 40.6. The fourth-order valence-electron chi connectivity index (χ4n) is 2.54. The third kappa shape index (κ3) is 4.32. The maximum Gasteiger partial charge on any atom is 0.307 e. The van der Waals surface area contributed by atoms with Gasteiger partial charge in [0.2, 0.25) is 10.0 Å². The van der Waals surface area contributed by atoms with Crippen molar-refractivity contribution in [2.45, 2.75) is 17.9 Å². The monoisotopic (exact) mass is 408 g/mol. The van der Waals surface area contributed by atoms with Crippen LogP contribution in [0.4, 0.5) is 0 Å². The van der Waals surface area contributed by atoms with E-state index in [0.717, 1.165) is 17.1 Å². The molecule has 0 bridgehead atoms. The molecule has 1 unspecified atom stereocenters. The first kappa shape index (κ1) is 19.4. The Balaban J connectivity index is 1.68. The van der Waals surface area contributed by atoms with Crippen molar-refractivity contribution in [2.24, 2.45) is 7.05 Å².